The highest BCUT2D eigenvalue weighted by Gasteiger charge is 2.25. The number of ether oxygens (including phenoxy) is 1. The van der Waals surface area contributed by atoms with E-state index in [0.717, 1.165) is 38.3 Å². The minimum absolute atomic E-state index is 0.532. The molecule has 1 heterocycles. The maximum Gasteiger partial charge on any atom is 0.0632 e. The number of morpholine rings is 1. The Balaban J connectivity index is 1.56. The molecule has 2 N–H and O–H groups in total. The Kier molecular flexibility index (Phi) is 3.19. The van der Waals surface area contributed by atoms with Crippen LogP contribution in [0.5, 0.6) is 0 Å². The Hall–Kier alpha value is -0.120. The van der Waals surface area contributed by atoms with Gasteiger partial charge in [0.15, 0.2) is 0 Å². The molecule has 76 valence electrons. The van der Waals surface area contributed by atoms with E-state index in [1.807, 2.05) is 0 Å². The van der Waals surface area contributed by atoms with Crippen LogP contribution in [0.1, 0.15) is 19.8 Å². The van der Waals surface area contributed by atoms with Crippen molar-refractivity contribution in [1.82, 2.24) is 10.6 Å². The number of rotatable bonds is 3. The summed E-state index contributed by atoms with van der Waals surface area (Å²) in [4.78, 5) is 0. The van der Waals surface area contributed by atoms with Gasteiger partial charge >= 0.3 is 0 Å². The Labute approximate surface area is 80.2 Å². The molecule has 2 fully saturated rings. The van der Waals surface area contributed by atoms with E-state index in [4.69, 9.17) is 4.74 Å². The van der Waals surface area contributed by atoms with E-state index in [1.54, 1.807) is 0 Å². The van der Waals surface area contributed by atoms with Crippen LogP contribution < -0.4 is 10.6 Å². The fourth-order valence-corrected chi connectivity index (χ4v) is 2.13. The monoisotopic (exact) mass is 184 g/mol. The molecule has 0 aromatic heterocycles. The largest absolute Gasteiger partial charge is 0.378 e. The maximum absolute atomic E-state index is 5.38. The second-order valence-electron chi connectivity index (χ2n) is 4.41. The lowest BCUT2D eigenvalue weighted by Crippen LogP contribution is -2.51. The number of hydrogen-bond acceptors (Lipinski definition) is 3. The molecule has 0 bridgehead atoms. The molecule has 0 amide bonds. The summed E-state index contributed by atoms with van der Waals surface area (Å²) in [5, 5.41) is 7.02. The second kappa shape index (κ2) is 4.40. The Morgan fingerprint density at radius 3 is 2.92 bits per heavy atom. The fourth-order valence-electron chi connectivity index (χ4n) is 2.13. The first-order valence-corrected chi connectivity index (χ1v) is 5.39. The molecule has 1 unspecified atom stereocenters. The zero-order valence-electron chi connectivity index (χ0n) is 8.38. The standard InChI is InChI=1S/C10H20N2O/c1-8-4-9(5-8)12-6-10-7-13-3-2-11-10/h8-12H,2-7H2,1H3. The molecule has 13 heavy (non-hydrogen) atoms. The van der Waals surface area contributed by atoms with Crippen molar-refractivity contribution in [2.75, 3.05) is 26.3 Å². The number of nitrogens with one attached hydrogen (secondary N) is 2. The summed E-state index contributed by atoms with van der Waals surface area (Å²) in [5.41, 5.74) is 0. The zero-order chi connectivity index (χ0) is 9.10. The lowest BCUT2D eigenvalue weighted by Gasteiger charge is -2.35. The van der Waals surface area contributed by atoms with Gasteiger partial charge in [-0.3, -0.25) is 0 Å². The summed E-state index contributed by atoms with van der Waals surface area (Å²) in [5.74, 6) is 0.938. The Morgan fingerprint density at radius 1 is 1.46 bits per heavy atom. The molecule has 0 radical (unpaired) electrons. The van der Waals surface area contributed by atoms with Crippen LogP contribution in [-0.2, 0) is 4.74 Å². The van der Waals surface area contributed by atoms with E-state index in [-0.39, 0.29) is 0 Å². The fraction of sp³-hybridized carbons (Fsp3) is 1.00. The molecule has 3 nitrogen and oxygen atoms in total. The maximum atomic E-state index is 5.38. The molecule has 2 aliphatic rings. The normalized spacial score (nSPS) is 39.9. The van der Waals surface area contributed by atoms with Gasteiger partial charge < -0.3 is 15.4 Å². The van der Waals surface area contributed by atoms with Gasteiger partial charge in [-0.15, -0.1) is 0 Å². The van der Waals surface area contributed by atoms with Gasteiger partial charge in [0, 0.05) is 25.2 Å². The van der Waals surface area contributed by atoms with Gasteiger partial charge in [0.05, 0.1) is 13.2 Å². The molecule has 0 aromatic rings. The number of hydrogen-bond donors (Lipinski definition) is 2. The van der Waals surface area contributed by atoms with Crippen molar-refractivity contribution in [2.24, 2.45) is 5.92 Å². The molecular weight excluding hydrogens is 164 g/mol. The van der Waals surface area contributed by atoms with E-state index < -0.39 is 0 Å². The van der Waals surface area contributed by atoms with Crippen molar-refractivity contribution in [3.63, 3.8) is 0 Å². The predicted molar refractivity (Wildman–Crippen MR) is 52.8 cm³/mol. The van der Waals surface area contributed by atoms with Crippen molar-refractivity contribution in [3.05, 3.63) is 0 Å². The van der Waals surface area contributed by atoms with Gasteiger partial charge in [-0.25, -0.2) is 0 Å². The molecule has 1 aliphatic heterocycles. The van der Waals surface area contributed by atoms with Crippen LogP contribution in [0.3, 0.4) is 0 Å². The summed E-state index contributed by atoms with van der Waals surface area (Å²) in [6.07, 6.45) is 2.71. The first kappa shape index (κ1) is 9.44. The van der Waals surface area contributed by atoms with Crippen molar-refractivity contribution >= 4 is 0 Å². The van der Waals surface area contributed by atoms with Crippen molar-refractivity contribution in [2.45, 2.75) is 31.8 Å². The molecule has 1 saturated heterocycles. The third kappa shape index (κ3) is 2.66. The predicted octanol–water partition coefficient (Wildman–Crippen LogP) is 0.363. The van der Waals surface area contributed by atoms with Crippen LogP contribution in [0, 0.1) is 5.92 Å². The van der Waals surface area contributed by atoms with Crippen molar-refractivity contribution in [3.8, 4) is 0 Å². The van der Waals surface area contributed by atoms with Crippen LogP contribution >= 0.6 is 0 Å². The summed E-state index contributed by atoms with van der Waals surface area (Å²) >= 11 is 0. The average molecular weight is 184 g/mol. The second-order valence-corrected chi connectivity index (χ2v) is 4.41. The highest BCUT2D eigenvalue weighted by molar-refractivity contribution is 4.84. The molecule has 1 aliphatic carbocycles. The van der Waals surface area contributed by atoms with Crippen LogP contribution in [0.15, 0.2) is 0 Å². The Bertz CT molecular complexity index is 151. The topological polar surface area (TPSA) is 33.3 Å². The van der Waals surface area contributed by atoms with Gasteiger partial charge in [0.1, 0.15) is 0 Å². The summed E-state index contributed by atoms with van der Waals surface area (Å²) in [6, 6.07) is 1.31. The van der Waals surface area contributed by atoms with Crippen LogP contribution in [0.4, 0.5) is 0 Å². The quantitative estimate of drug-likeness (QED) is 0.664. The van der Waals surface area contributed by atoms with E-state index in [9.17, 15) is 0 Å². The summed E-state index contributed by atoms with van der Waals surface area (Å²) in [6.45, 7) is 6.14. The van der Waals surface area contributed by atoms with E-state index in [1.165, 1.54) is 12.8 Å². The first-order valence-electron chi connectivity index (χ1n) is 5.39. The minimum Gasteiger partial charge on any atom is -0.378 e. The highest BCUT2D eigenvalue weighted by Crippen LogP contribution is 2.25. The third-order valence-electron chi connectivity index (χ3n) is 3.03. The molecule has 0 spiro atoms. The SMILES string of the molecule is CC1CC(NCC2COCCN2)C1. The third-order valence-corrected chi connectivity index (χ3v) is 3.03. The molecule has 2 rings (SSSR count). The molecule has 0 aromatic carbocycles. The summed E-state index contributed by atoms with van der Waals surface area (Å²) < 4.78 is 5.38. The van der Waals surface area contributed by atoms with Crippen LogP contribution in [-0.4, -0.2) is 38.4 Å². The first-order chi connectivity index (χ1) is 6.34. The highest BCUT2D eigenvalue weighted by atomic mass is 16.5. The average Bonchev–Trinajstić information content (AvgIpc) is 2.12. The van der Waals surface area contributed by atoms with Crippen molar-refractivity contribution < 1.29 is 4.74 Å². The van der Waals surface area contributed by atoms with Gasteiger partial charge in [-0.1, -0.05) is 6.92 Å². The van der Waals surface area contributed by atoms with E-state index in [2.05, 4.69) is 17.6 Å². The zero-order valence-corrected chi connectivity index (χ0v) is 8.38. The van der Waals surface area contributed by atoms with Gasteiger partial charge in [-0.2, -0.15) is 0 Å². The van der Waals surface area contributed by atoms with E-state index >= 15 is 0 Å². The lowest BCUT2D eigenvalue weighted by molar-refractivity contribution is 0.0734. The van der Waals surface area contributed by atoms with Crippen molar-refractivity contribution in [1.29, 1.82) is 0 Å². The van der Waals surface area contributed by atoms with E-state index in [0.29, 0.717) is 6.04 Å². The minimum atomic E-state index is 0.532. The van der Waals surface area contributed by atoms with Gasteiger partial charge in [-0.05, 0) is 18.8 Å². The van der Waals surface area contributed by atoms with Crippen LogP contribution in [0.2, 0.25) is 0 Å². The lowest BCUT2D eigenvalue weighted by atomic mass is 9.82. The molecule has 1 saturated carbocycles. The molecule has 1 atom stereocenters. The van der Waals surface area contributed by atoms with Crippen LogP contribution in [0.25, 0.3) is 0 Å². The van der Waals surface area contributed by atoms with Gasteiger partial charge in [0.2, 0.25) is 0 Å². The Morgan fingerprint density at radius 2 is 2.31 bits per heavy atom. The smallest absolute Gasteiger partial charge is 0.0632 e. The van der Waals surface area contributed by atoms with Gasteiger partial charge in [0.25, 0.3) is 0 Å². The molecular formula is C10H20N2O. The summed E-state index contributed by atoms with van der Waals surface area (Å²) in [7, 11) is 0. The molecule has 3 heteroatoms.